The number of unbranched alkanes of at least 4 members (excludes halogenated alkanes) is 2. The molecule has 1 aromatic heterocycles. The van der Waals surface area contributed by atoms with Crippen molar-refractivity contribution in [2.75, 3.05) is 11.9 Å². The standard InChI is InChI=1S/C13H21N3O/c1-10-7-8-12(11(2)15-10)16-13(17)6-4-3-5-9-14/h7-8H,3-6,9,14H2,1-2H3,(H,16,17). The van der Waals surface area contributed by atoms with Crippen molar-refractivity contribution in [3.8, 4) is 0 Å². The molecule has 0 unspecified atom stereocenters. The second-order valence-corrected chi connectivity index (χ2v) is 4.23. The Bertz CT molecular complexity index is 377. The van der Waals surface area contributed by atoms with Gasteiger partial charge in [0.1, 0.15) is 0 Å². The summed E-state index contributed by atoms with van der Waals surface area (Å²) < 4.78 is 0. The molecule has 4 heteroatoms. The number of rotatable bonds is 6. The Kier molecular flexibility index (Phi) is 5.63. The van der Waals surface area contributed by atoms with Crippen molar-refractivity contribution in [2.24, 2.45) is 5.73 Å². The van der Waals surface area contributed by atoms with Crippen LogP contribution < -0.4 is 11.1 Å². The SMILES string of the molecule is Cc1ccc(NC(=O)CCCCCN)c(C)n1. The second-order valence-electron chi connectivity index (χ2n) is 4.23. The number of aryl methyl sites for hydroxylation is 2. The van der Waals surface area contributed by atoms with Crippen LogP contribution >= 0.6 is 0 Å². The molecule has 4 nitrogen and oxygen atoms in total. The van der Waals surface area contributed by atoms with Crippen LogP contribution in [0.4, 0.5) is 5.69 Å². The Hall–Kier alpha value is -1.42. The van der Waals surface area contributed by atoms with Crippen LogP contribution in [-0.4, -0.2) is 17.4 Å². The molecule has 3 N–H and O–H groups in total. The van der Waals surface area contributed by atoms with Gasteiger partial charge in [0.2, 0.25) is 5.91 Å². The molecule has 0 atom stereocenters. The molecule has 1 heterocycles. The summed E-state index contributed by atoms with van der Waals surface area (Å²) in [6.45, 7) is 4.53. The molecule has 0 aliphatic heterocycles. The molecular formula is C13H21N3O. The van der Waals surface area contributed by atoms with Crippen molar-refractivity contribution in [3.05, 3.63) is 23.5 Å². The topological polar surface area (TPSA) is 68.0 Å². The third-order valence-corrected chi connectivity index (χ3v) is 2.61. The first-order valence-corrected chi connectivity index (χ1v) is 6.07. The fraction of sp³-hybridized carbons (Fsp3) is 0.538. The normalized spacial score (nSPS) is 10.3. The first-order chi connectivity index (χ1) is 8.13. The third kappa shape index (κ3) is 4.95. The Balaban J connectivity index is 2.40. The van der Waals surface area contributed by atoms with Crippen LogP contribution in [0.1, 0.15) is 37.1 Å². The summed E-state index contributed by atoms with van der Waals surface area (Å²) in [5.41, 5.74) is 8.02. The Morgan fingerprint density at radius 1 is 1.29 bits per heavy atom. The lowest BCUT2D eigenvalue weighted by Crippen LogP contribution is -2.13. The lowest BCUT2D eigenvalue weighted by atomic mass is 10.2. The smallest absolute Gasteiger partial charge is 0.224 e. The highest BCUT2D eigenvalue weighted by Crippen LogP contribution is 2.13. The number of amides is 1. The zero-order chi connectivity index (χ0) is 12.7. The molecule has 17 heavy (non-hydrogen) atoms. The second kappa shape index (κ2) is 7.01. The highest BCUT2D eigenvalue weighted by atomic mass is 16.1. The molecule has 0 radical (unpaired) electrons. The van der Waals surface area contributed by atoms with Crippen molar-refractivity contribution in [1.29, 1.82) is 0 Å². The zero-order valence-corrected chi connectivity index (χ0v) is 10.6. The van der Waals surface area contributed by atoms with E-state index in [1.807, 2.05) is 26.0 Å². The molecular weight excluding hydrogens is 214 g/mol. The van der Waals surface area contributed by atoms with Gasteiger partial charge in [-0.25, -0.2) is 0 Å². The zero-order valence-electron chi connectivity index (χ0n) is 10.6. The van der Waals surface area contributed by atoms with Crippen LogP contribution in [0.2, 0.25) is 0 Å². The molecule has 0 saturated carbocycles. The quantitative estimate of drug-likeness (QED) is 0.742. The van der Waals surface area contributed by atoms with Gasteiger partial charge in [-0.1, -0.05) is 6.42 Å². The average molecular weight is 235 g/mol. The Morgan fingerprint density at radius 2 is 2.06 bits per heavy atom. The van der Waals surface area contributed by atoms with E-state index in [4.69, 9.17) is 5.73 Å². The summed E-state index contributed by atoms with van der Waals surface area (Å²) in [5, 5.41) is 2.88. The number of nitrogens with one attached hydrogen (secondary N) is 1. The van der Waals surface area contributed by atoms with Gasteiger partial charge in [-0.15, -0.1) is 0 Å². The number of aromatic nitrogens is 1. The van der Waals surface area contributed by atoms with Crippen LogP contribution in [0, 0.1) is 13.8 Å². The number of anilines is 1. The third-order valence-electron chi connectivity index (χ3n) is 2.61. The van der Waals surface area contributed by atoms with Crippen LogP contribution in [0.5, 0.6) is 0 Å². The van der Waals surface area contributed by atoms with Crippen LogP contribution in [0.25, 0.3) is 0 Å². The highest BCUT2D eigenvalue weighted by molar-refractivity contribution is 5.91. The number of carbonyl (C=O) groups is 1. The van der Waals surface area contributed by atoms with E-state index in [-0.39, 0.29) is 5.91 Å². The Morgan fingerprint density at radius 3 is 2.71 bits per heavy atom. The van der Waals surface area contributed by atoms with Crippen LogP contribution in [-0.2, 0) is 4.79 Å². The fourth-order valence-corrected chi connectivity index (χ4v) is 1.64. The first-order valence-electron chi connectivity index (χ1n) is 6.07. The summed E-state index contributed by atoms with van der Waals surface area (Å²) in [6, 6.07) is 3.80. The molecule has 0 aromatic carbocycles. The maximum Gasteiger partial charge on any atom is 0.224 e. The minimum atomic E-state index is 0.0516. The molecule has 0 aliphatic rings. The van der Waals surface area contributed by atoms with E-state index in [2.05, 4.69) is 10.3 Å². The maximum absolute atomic E-state index is 11.6. The van der Waals surface area contributed by atoms with Gasteiger partial charge in [-0.05, 0) is 45.4 Å². The average Bonchev–Trinajstić information content (AvgIpc) is 2.28. The van der Waals surface area contributed by atoms with E-state index in [0.717, 1.165) is 36.3 Å². The van der Waals surface area contributed by atoms with Crippen molar-refractivity contribution in [3.63, 3.8) is 0 Å². The summed E-state index contributed by atoms with van der Waals surface area (Å²) in [6.07, 6.45) is 3.43. The molecule has 1 rings (SSSR count). The summed E-state index contributed by atoms with van der Waals surface area (Å²) in [5.74, 6) is 0.0516. The van der Waals surface area contributed by atoms with Gasteiger partial charge in [0, 0.05) is 12.1 Å². The van der Waals surface area contributed by atoms with E-state index in [1.54, 1.807) is 0 Å². The van der Waals surface area contributed by atoms with Gasteiger partial charge in [-0.2, -0.15) is 0 Å². The number of pyridine rings is 1. The molecule has 0 saturated heterocycles. The number of hydrogen-bond donors (Lipinski definition) is 2. The van der Waals surface area contributed by atoms with Crippen molar-refractivity contribution >= 4 is 11.6 Å². The number of nitrogens with two attached hydrogens (primary N) is 1. The molecule has 94 valence electrons. The van der Waals surface area contributed by atoms with E-state index in [1.165, 1.54) is 0 Å². The van der Waals surface area contributed by atoms with Gasteiger partial charge >= 0.3 is 0 Å². The lowest BCUT2D eigenvalue weighted by Gasteiger charge is -2.08. The van der Waals surface area contributed by atoms with E-state index < -0.39 is 0 Å². The minimum Gasteiger partial charge on any atom is -0.330 e. The lowest BCUT2D eigenvalue weighted by molar-refractivity contribution is -0.116. The summed E-state index contributed by atoms with van der Waals surface area (Å²) in [4.78, 5) is 15.9. The van der Waals surface area contributed by atoms with Gasteiger partial charge in [0.15, 0.2) is 0 Å². The van der Waals surface area contributed by atoms with Crippen LogP contribution in [0.3, 0.4) is 0 Å². The van der Waals surface area contributed by atoms with Gasteiger partial charge < -0.3 is 11.1 Å². The van der Waals surface area contributed by atoms with E-state index in [0.29, 0.717) is 13.0 Å². The van der Waals surface area contributed by atoms with Gasteiger partial charge in [-0.3, -0.25) is 9.78 Å². The molecule has 0 aliphatic carbocycles. The number of hydrogen-bond acceptors (Lipinski definition) is 3. The number of nitrogens with zero attached hydrogens (tertiary/aromatic N) is 1. The van der Waals surface area contributed by atoms with Crippen molar-refractivity contribution in [2.45, 2.75) is 39.5 Å². The number of carbonyl (C=O) groups excluding carboxylic acids is 1. The predicted octanol–water partition coefficient (Wildman–Crippen LogP) is 2.16. The van der Waals surface area contributed by atoms with E-state index >= 15 is 0 Å². The molecule has 1 aromatic rings. The first kappa shape index (κ1) is 13.6. The molecule has 0 fully saturated rings. The van der Waals surface area contributed by atoms with Crippen molar-refractivity contribution < 1.29 is 4.79 Å². The van der Waals surface area contributed by atoms with Gasteiger partial charge in [0.05, 0.1) is 11.4 Å². The summed E-state index contributed by atoms with van der Waals surface area (Å²) >= 11 is 0. The monoisotopic (exact) mass is 235 g/mol. The van der Waals surface area contributed by atoms with E-state index in [9.17, 15) is 4.79 Å². The minimum absolute atomic E-state index is 0.0516. The van der Waals surface area contributed by atoms with Gasteiger partial charge in [0.25, 0.3) is 0 Å². The predicted molar refractivity (Wildman–Crippen MR) is 69.9 cm³/mol. The highest BCUT2D eigenvalue weighted by Gasteiger charge is 2.05. The molecule has 0 bridgehead atoms. The van der Waals surface area contributed by atoms with Crippen LogP contribution in [0.15, 0.2) is 12.1 Å². The maximum atomic E-state index is 11.6. The fourth-order valence-electron chi connectivity index (χ4n) is 1.64. The molecule has 0 spiro atoms. The molecule has 1 amide bonds. The Labute approximate surface area is 103 Å². The summed E-state index contributed by atoms with van der Waals surface area (Å²) in [7, 11) is 0. The largest absolute Gasteiger partial charge is 0.330 e. The van der Waals surface area contributed by atoms with Crippen molar-refractivity contribution in [1.82, 2.24) is 4.98 Å².